The quantitative estimate of drug-likeness (QED) is 0.301. The number of carbonyl (C=O) groups excluding carboxylic acids is 1. The maximum Gasteiger partial charge on any atom is 0.237 e. The summed E-state index contributed by atoms with van der Waals surface area (Å²) in [6.07, 6.45) is 0. The lowest BCUT2D eigenvalue weighted by molar-refractivity contribution is -0.118. The van der Waals surface area contributed by atoms with E-state index in [-0.39, 0.29) is 5.91 Å². The number of nitrogens with zero attached hydrogens (tertiary/aromatic N) is 1. The van der Waals surface area contributed by atoms with Gasteiger partial charge in [-0.15, -0.1) is 5.10 Å². The van der Waals surface area contributed by atoms with Gasteiger partial charge >= 0.3 is 0 Å². The molecule has 0 aromatic heterocycles. The van der Waals surface area contributed by atoms with E-state index < -0.39 is 0 Å². The Labute approximate surface area is 46.4 Å². The van der Waals surface area contributed by atoms with E-state index in [0.717, 1.165) is 0 Å². The summed E-state index contributed by atoms with van der Waals surface area (Å²) < 4.78 is 0. The Morgan fingerprint density at radius 2 is 2.57 bits per heavy atom. The molecule has 0 aliphatic heterocycles. The molecule has 0 fully saturated rings. The molecule has 0 saturated heterocycles. The van der Waals surface area contributed by atoms with Crippen LogP contribution in [-0.4, -0.2) is 11.1 Å². The van der Waals surface area contributed by atoms with Gasteiger partial charge in [0.1, 0.15) is 0 Å². The summed E-state index contributed by atoms with van der Waals surface area (Å²) in [6, 6.07) is 0. The summed E-state index contributed by atoms with van der Waals surface area (Å²) in [5, 5.41) is 5.11. The van der Waals surface area contributed by atoms with Gasteiger partial charge in [-0.1, -0.05) is 0 Å². The molecule has 0 aromatic carbocycles. The number of isothiocyanates is 1. The first kappa shape index (κ1) is 6.27. The van der Waals surface area contributed by atoms with Gasteiger partial charge in [0, 0.05) is 6.92 Å². The first-order chi connectivity index (χ1) is 3.27. The Kier molecular flexibility index (Phi) is 3.10. The first-order valence-electron chi connectivity index (χ1n) is 1.61. The molecule has 4 heteroatoms. The van der Waals surface area contributed by atoms with Crippen LogP contribution in [0, 0.1) is 0 Å². The summed E-state index contributed by atoms with van der Waals surface area (Å²) in [4.78, 5) is 9.91. The lowest BCUT2D eigenvalue weighted by Crippen LogP contribution is -2.10. The van der Waals surface area contributed by atoms with Crippen LogP contribution in [0.2, 0.25) is 0 Å². The number of thiocarbonyl (C=S) groups is 1. The van der Waals surface area contributed by atoms with Gasteiger partial charge in [-0.25, -0.2) is 5.43 Å². The maximum absolute atomic E-state index is 9.91. The number of rotatable bonds is 1. The van der Waals surface area contributed by atoms with Crippen LogP contribution in [0.15, 0.2) is 5.10 Å². The van der Waals surface area contributed by atoms with E-state index in [1.165, 1.54) is 6.92 Å². The van der Waals surface area contributed by atoms with Gasteiger partial charge in [-0.3, -0.25) is 4.79 Å². The molecular formula is C3H4N2OS. The molecule has 1 amide bonds. The normalized spacial score (nSPS) is 6.43. The minimum Gasteiger partial charge on any atom is -0.274 e. The third-order valence-corrected chi connectivity index (χ3v) is 0.350. The van der Waals surface area contributed by atoms with Crippen LogP contribution in [0.4, 0.5) is 0 Å². The monoisotopic (exact) mass is 116 g/mol. The fourth-order valence-electron chi connectivity index (χ4n) is 0.102. The Balaban J connectivity index is 3.32. The predicted molar refractivity (Wildman–Crippen MR) is 28.8 cm³/mol. The maximum atomic E-state index is 9.91. The van der Waals surface area contributed by atoms with Crippen LogP contribution < -0.4 is 5.43 Å². The molecule has 0 spiro atoms. The molecule has 0 aliphatic carbocycles. The second-order valence-corrected chi connectivity index (χ2v) is 1.05. The molecule has 0 atom stereocenters. The molecule has 1 N–H and O–H groups in total. The Morgan fingerprint density at radius 3 is 2.71 bits per heavy atom. The molecule has 3 nitrogen and oxygen atoms in total. The minimum absolute atomic E-state index is 0.239. The third-order valence-electron chi connectivity index (χ3n) is 0.259. The van der Waals surface area contributed by atoms with Gasteiger partial charge in [0.25, 0.3) is 0 Å². The Morgan fingerprint density at radius 1 is 2.00 bits per heavy atom. The predicted octanol–water partition coefficient (Wildman–Crippen LogP) is 0.140. The van der Waals surface area contributed by atoms with Crippen molar-refractivity contribution in [1.29, 1.82) is 0 Å². The highest BCUT2D eigenvalue weighted by atomic mass is 32.1. The number of carbonyl (C=O) groups is 1. The second-order valence-electron chi connectivity index (χ2n) is 0.871. The fourth-order valence-corrected chi connectivity index (χ4v) is 0.147. The fraction of sp³-hybridized carbons (Fsp3) is 0.333. The molecule has 38 valence electrons. The Bertz CT molecular complexity index is 116. The molecule has 0 aromatic rings. The summed E-state index contributed by atoms with van der Waals surface area (Å²) >= 11 is 4.14. The summed E-state index contributed by atoms with van der Waals surface area (Å²) in [7, 11) is 0. The van der Waals surface area contributed by atoms with Crippen molar-refractivity contribution in [2.24, 2.45) is 5.10 Å². The van der Waals surface area contributed by atoms with Gasteiger partial charge in [-0.05, 0) is 12.2 Å². The number of hydrogen-bond acceptors (Lipinski definition) is 3. The lowest BCUT2D eigenvalue weighted by Gasteiger charge is -1.81. The van der Waals surface area contributed by atoms with Gasteiger partial charge < -0.3 is 0 Å². The topological polar surface area (TPSA) is 41.5 Å². The first-order valence-corrected chi connectivity index (χ1v) is 2.01. The van der Waals surface area contributed by atoms with E-state index in [9.17, 15) is 4.79 Å². The lowest BCUT2D eigenvalue weighted by atomic mass is 10.8. The van der Waals surface area contributed by atoms with E-state index in [0.29, 0.717) is 0 Å². The van der Waals surface area contributed by atoms with Crippen molar-refractivity contribution in [2.45, 2.75) is 6.92 Å². The van der Waals surface area contributed by atoms with Crippen molar-refractivity contribution in [3.63, 3.8) is 0 Å². The van der Waals surface area contributed by atoms with Crippen LogP contribution in [0.3, 0.4) is 0 Å². The molecule has 0 heterocycles. The molecule has 7 heavy (non-hydrogen) atoms. The van der Waals surface area contributed by atoms with E-state index in [4.69, 9.17) is 0 Å². The SMILES string of the molecule is CC(=O)NN=C=S. The summed E-state index contributed by atoms with van der Waals surface area (Å²) in [5.74, 6) is -0.239. The van der Waals surface area contributed by atoms with Crippen molar-refractivity contribution in [1.82, 2.24) is 5.43 Å². The Hall–Kier alpha value is -0.730. The van der Waals surface area contributed by atoms with Gasteiger partial charge in [0.15, 0.2) is 0 Å². The van der Waals surface area contributed by atoms with E-state index in [2.05, 4.69) is 22.7 Å². The molecule has 0 aliphatic rings. The van der Waals surface area contributed by atoms with Gasteiger partial charge in [0.2, 0.25) is 5.91 Å². The van der Waals surface area contributed by atoms with Crippen molar-refractivity contribution in [3.05, 3.63) is 0 Å². The van der Waals surface area contributed by atoms with E-state index >= 15 is 0 Å². The average molecular weight is 116 g/mol. The van der Waals surface area contributed by atoms with E-state index in [1.807, 2.05) is 5.16 Å². The van der Waals surface area contributed by atoms with Crippen LogP contribution in [-0.2, 0) is 4.79 Å². The number of amides is 1. The second kappa shape index (κ2) is 3.46. The highest BCUT2D eigenvalue weighted by Gasteiger charge is 1.78. The van der Waals surface area contributed by atoms with Crippen LogP contribution in [0.25, 0.3) is 0 Å². The molecule has 0 bridgehead atoms. The van der Waals surface area contributed by atoms with Gasteiger partial charge in [0.05, 0.1) is 5.16 Å². The molecular weight excluding hydrogens is 112 g/mol. The van der Waals surface area contributed by atoms with Crippen molar-refractivity contribution in [3.8, 4) is 0 Å². The van der Waals surface area contributed by atoms with E-state index in [1.54, 1.807) is 0 Å². The number of hydrogen-bond donors (Lipinski definition) is 1. The van der Waals surface area contributed by atoms with Crippen molar-refractivity contribution < 1.29 is 4.79 Å². The zero-order valence-electron chi connectivity index (χ0n) is 3.76. The number of nitrogens with one attached hydrogen (secondary N) is 1. The van der Waals surface area contributed by atoms with Crippen LogP contribution >= 0.6 is 12.2 Å². The highest BCUT2D eigenvalue weighted by Crippen LogP contribution is 1.55. The summed E-state index contributed by atoms with van der Waals surface area (Å²) in [6.45, 7) is 1.34. The zero-order valence-corrected chi connectivity index (χ0v) is 4.58. The molecule has 0 saturated carbocycles. The van der Waals surface area contributed by atoms with Crippen molar-refractivity contribution in [2.75, 3.05) is 0 Å². The third kappa shape index (κ3) is 5.27. The number of hydrazone groups is 1. The van der Waals surface area contributed by atoms with Crippen LogP contribution in [0.5, 0.6) is 0 Å². The standard InChI is InChI=1S/C3H4N2OS/c1-3(6)5-4-2-7/h1H3,(H,5,6). The molecule has 0 rings (SSSR count). The zero-order chi connectivity index (χ0) is 5.70. The average Bonchev–Trinajstić information content (AvgIpc) is 1.61. The van der Waals surface area contributed by atoms with Crippen molar-refractivity contribution >= 4 is 23.3 Å². The largest absolute Gasteiger partial charge is 0.274 e. The van der Waals surface area contributed by atoms with Gasteiger partial charge in [-0.2, -0.15) is 0 Å². The van der Waals surface area contributed by atoms with Crippen LogP contribution in [0.1, 0.15) is 6.92 Å². The highest BCUT2D eigenvalue weighted by molar-refractivity contribution is 7.78. The molecule has 0 unspecified atom stereocenters. The minimum atomic E-state index is -0.239. The smallest absolute Gasteiger partial charge is 0.237 e. The molecule has 0 radical (unpaired) electrons. The summed E-state index contributed by atoms with van der Waals surface area (Å²) in [5.41, 5.74) is 2.07.